The molecule has 0 aliphatic rings. The van der Waals surface area contributed by atoms with E-state index >= 15 is 0 Å². The first kappa shape index (κ1) is 13.8. The third-order valence-electron chi connectivity index (χ3n) is 2.78. The van der Waals surface area contributed by atoms with E-state index in [9.17, 15) is 0 Å². The number of nitrogens with two attached hydrogens (primary N) is 1. The molecule has 20 heavy (non-hydrogen) atoms. The van der Waals surface area contributed by atoms with Crippen molar-refractivity contribution in [3.63, 3.8) is 0 Å². The number of rotatable bonds is 5. The van der Waals surface area contributed by atoms with Gasteiger partial charge in [0.15, 0.2) is 0 Å². The standard InChI is InChI=1S/C16H16N2O2/c1-2-19-16-8-7-14(18)9-13(16)11-20-15-6-4-3-5-12(15)10-17/h3-9H,2,11,18H2,1H3. The van der Waals surface area contributed by atoms with Gasteiger partial charge in [0, 0.05) is 11.3 Å². The minimum atomic E-state index is 0.305. The molecule has 0 fully saturated rings. The van der Waals surface area contributed by atoms with Crippen LogP contribution in [0, 0.1) is 11.3 Å². The maximum atomic E-state index is 9.02. The molecule has 0 spiro atoms. The Balaban J connectivity index is 2.18. The molecule has 2 aromatic rings. The van der Waals surface area contributed by atoms with Gasteiger partial charge in [-0.25, -0.2) is 0 Å². The predicted octanol–water partition coefficient (Wildman–Crippen LogP) is 3.12. The van der Waals surface area contributed by atoms with Gasteiger partial charge in [0.2, 0.25) is 0 Å². The van der Waals surface area contributed by atoms with E-state index in [0.717, 1.165) is 11.3 Å². The Bertz CT molecular complexity index is 633. The smallest absolute Gasteiger partial charge is 0.137 e. The van der Waals surface area contributed by atoms with Gasteiger partial charge in [0.1, 0.15) is 24.2 Å². The van der Waals surface area contributed by atoms with Crippen LogP contribution in [-0.4, -0.2) is 6.61 Å². The maximum Gasteiger partial charge on any atom is 0.137 e. The summed E-state index contributed by atoms with van der Waals surface area (Å²) in [6, 6.07) is 14.7. The van der Waals surface area contributed by atoms with Gasteiger partial charge >= 0.3 is 0 Å². The second kappa shape index (κ2) is 6.48. The molecule has 0 aromatic heterocycles. The second-order valence-corrected chi connectivity index (χ2v) is 4.20. The lowest BCUT2D eigenvalue weighted by atomic mass is 10.2. The highest BCUT2D eigenvalue weighted by atomic mass is 16.5. The van der Waals surface area contributed by atoms with Crippen LogP contribution < -0.4 is 15.2 Å². The van der Waals surface area contributed by atoms with Crippen molar-refractivity contribution < 1.29 is 9.47 Å². The molecule has 2 aromatic carbocycles. The molecular weight excluding hydrogens is 252 g/mol. The number of benzene rings is 2. The molecule has 0 radical (unpaired) electrons. The highest BCUT2D eigenvalue weighted by Crippen LogP contribution is 2.24. The lowest BCUT2D eigenvalue weighted by Gasteiger charge is -2.12. The van der Waals surface area contributed by atoms with E-state index in [-0.39, 0.29) is 0 Å². The number of nitriles is 1. The zero-order valence-corrected chi connectivity index (χ0v) is 11.3. The molecule has 2 rings (SSSR count). The van der Waals surface area contributed by atoms with Gasteiger partial charge in [0.05, 0.1) is 12.2 Å². The summed E-state index contributed by atoms with van der Waals surface area (Å²) in [7, 11) is 0. The maximum absolute atomic E-state index is 9.02. The molecule has 2 N–H and O–H groups in total. The monoisotopic (exact) mass is 268 g/mol. The van der Waals surface area contributed by atoms with Crippen molar-refractivity contribution in [2.24, 2.45) is 0 Å². The predicted molar refractivity (Wildman–Crippen MR) is 77.5 cm³/mol. The van der Waals surface area contributed by atoms with E-state index in [4.69, 9.17) is 20.5 Å². The second-order valence-electron chi connectivity index (χ2n) is 4.20. The van der Waals surface area contributed by atoms with E-state index in [1.807, 2.05) is 25.1 Å². The Labute approximate surface area is 118 Å². The van der Waals surface area contributed by atoms with Crippen molar-refractivity contribution in [2.75, 3.05) is 12.3 Å². The van der Waals surface area contributed by atoms with Gasteiger partial charge in [-0.2, -0.15) is 5.26 Å². The largest absolute Gasteiger partial charge is 0.493 e. The summed E-state index contributed by atoms with van der Waals surface area (Å²) in [5.41, 5.74) is 7.81. The highest BCUT2D eigenvalue weighted by molar-refractivity contribution is 5.48. The van der Waals surface area contributed by atoms with Gasteiger partial charge in [0.25, 0.3) is 0 Å². The van der Waals surface area contributed by atoms with Crippen molar-refractivity contribution in [3.05, 3.63) is 53.6 Å². The third kappa shape index (κ3) is 3.21. The Hall–Kier alpha value is -2.67. The summed E-state index contributed by atoms with van der Waals surface area (Å²) < 4.78 is 11.2. The van der Waals surface area contributed by atoms with E-state index in [0.29, 0.717) is 30.2 Å². The molecule has 0 saturated heterocycles. The molecule has 0 aliphatic carbocycles. The van der Waals surface area contributed by atoms with Crippen molar-refractivity contribution in [3.8, 4) is 17.6 Å². The van der Waals surface area contributed by atoms with E-state index < -0.39 is 0 Å². The molecule has 0 unspecified atom stereocenters. The molecule has 0 aliphatic heterocycles. The Morgan fingerprint density at radius 1 is 1.10 bits per heavy atom. The number of anilines is 1. The van der Waals surface area contributed by atoms with E-state index in [1.54, 1.807) is 24.3 Å². The molecule has 4 nitrogen and oxygen atoms in total. The molecule has 0 amide bonds. The van der Waals surface area contributed by atoms with Crippen LogP contribution in [0.5, 0.6) is 11.5 Å². The molecule has 0 bridgehead atoms. The number of hydrogen-bond acceptors (Lipinski definition) is 4. The number of nitrogen functional groups attached to an aromatic ring is 1. The number of para-hydroxylation sites is 1. The normalized spacial score (nSPS) is 9.80. The van der Waals surface area contributed by atoms with E-state index in [2.05, 4.69) is 6.07 Å². The highest BCUT2D eigenvalue weighted by Gasteiger charge is 2.07. The molecule has 4 heteroatoms. The first-order chi connectivity index (χ1) is 9.74. The first-order valence-corrected chi connectivity index (χ1v) is 6.37. The minimum Gasteiger partial charge on any atom is -0.493 e. The Morgan fingerprint density at radius 2 is 1.90 bits per heavy atom. The SMILES string of the molecule is CCOc1ccc(N)cc1COc1ccccc1C#N. The Morgan fingerprint density at radius 3 is 2.65 bits per heavy atom. The van der Waals surface area contributed by atoms with Gasteiger partial charge in [-0.1, -0.05) is 12.1 Å². The summed E-state index contributed by atoms with van der Waals surface area (Å²) in [5.74, 6) is 1.30. The number of ether oxygens (including phenoxy) is 2. The first-order valence-electron chi connectivity index (χ1n) is 6.37. The van der Waals surface area contributed by atoms with E-state index in [1.165, 1.54) is 0 Å². The average molecular weight is 268 g/mol. The van der Waals surface area contributed by atoms with Gasteiger partial charge in [-0.3, -0.25) is 0 Å². The molecule has 0 saturated carbocycles. The van der Waals surface area contributed by atoms with Crippen molar-refractivity contribution in [1.29, 1.82) is 5.26 Å². The minimum absolute atomic E-state index is 0.305. The number of hydrogen-bond donors (Lipinski definition) is 1. The number of nitrogens with zero attached hydrogens (tertiary/aromatic N) is 1. The fourth-order valence-electron chi connectivity index (χ4n) is 1.85. The quantitative estimate of drug-likeness (QED) is 0.846. The van der Waals surface area contributed by atoms with Gasteiger partial charge in [-0.05, 0) is 37.3 Å². The van der Waals surface area contributed by atoms with Crippen molar-refractivity contribution >= 4 is 5.69 Å². The fraction of sp³-hybridized carbons (Fsp3) is 0.188. The third-order valence-corrected chi connectivity index (χ3v) is 2.78. The zero-order chi connectivity index (χ0) is 14.4. The Kier molecular flexibility index (Phi) is 4.46. The van der Waals surface area contributed by atoms with Gasteiger partial charge < -0.3 is 15.2 Å². The van der Waals surface area contributed by atoms with Crippen LogP contribution in [-0.2, 0) is 6.61 Å². The van der Waals surface area contributed by atoms with Gasteiger partial charge in [-0.15, -0.1) is 0 Å². The summed E-state index contributed by atoms with van der Waals surface area (Å²) >= 11 is 0. The zero-order valence-electron chi connectivity index (χ0n) is 11.3. The summed E-state index contributed by atoms with van der Waals surface area (Å²) in [6.07, 6.45) is 0. The fourth-order valence-corrected chi connectivity index (χ4v) is 1.85. The van der Waals surface area contributed by atoms with Crippen LogP contribution >= 0.6 is 0 Å². The average Bonchev–Trinajstić information content (AvgIpc) is 2.48. The topological polar surface area (TPSA) is 68.3 Å². The lowest BCUT2D eigenvalue weighted by Crippen LogP contribution is -2.03. The van der Waals surface area contributed by atoms with Crippen molar-refractivity contribution in [2.45, 2.75) is 13.5 Å². The molecular formula is C16H16N2O2. The van der Waals surface area contributed by atoms with Crippen LogP contribution in [0.15, 0.2) is 42.5 Å². The summed E-state index contributed by atoms with van der Waals surface area (Å²) in [6.45, 7) is 2.80. The summed E-state index contributed by atoms with van der Waals surface area (Å²) in [4.78, 5) is 0. The van der Waals surface area contributed by atoms with Crippen LogP contribution in [0.4, 0.5) is 5.69 Å². The van der Waals surface area contributed by atoms with Crippen LogP contribution in [0.25, 0.3) is 0 Å². The molecule has 0 heterocycles. The van der Waals surface area contributed by atoms with Crippen LogP contribution in [0.1, 0.15) is 18.1 Å². The lowest BCUT2D eigenvalue weighted by molar-refractivity contribution is 0.286. The molecule has 0 atom stereocenters. The summed E-state index contributed by atoms with van der Waals surface area (Å²) in [5, 5.41) is 9.02. The molecule has 102 valence electrons. The van der Waals surface area contributed by atoms with Crippen molar-refractivity contribution in [1.82, 2.24) is 0 Å². The van der Waals surface area contributed by atoms with Crippen LogP contribution in [0.3, 0.4) is 0 Å². The van der Waals surface area contributed by atoms with Crippen LogP contribution in [0.2, 0.25) is 0 Å².